The Morgan fingerprint density at radius 3 is 2.77 bits per heavy atom. The molecular formula is C17H13ClN4O4. The number of hydrogen-bond donors (Lipinski definition) is 1. The summed E-state index contributed by atoms with van der Waals surface area (Å²) in [4.78, 5) is 24.2. The number of carbonyl (C=O) groups excluding carboxylic acids is 1. The number of hydrogen-bond acceptors (Lipinski definition) is 6. The molecule has 1 aliphatic heterocycles. The smallest absolute Gasteiger partial charge is 0.312 e. The maximum absolute atomic E-state index is 12.5. The molecule has 0 fully saturated rings. The summed E-state index contributed by atoms with van der Waals surface area (Å²) >= 11 is 5.83. The predicted octanol–water partition coefficient (Wildman–Crippen LogP) is 3.14. The van der Waals surface area contributed by atoms with Gasteiger partial charge in [0.1, 0.15) is 0 Å². The van der Waals surface area contributed by atoms with Crippen molar-refractivity contribution in [3.8, 4) is 5.75 Å². The molecule has 0 aliphatic carbocycles. The van der Waals surface area contributed by atoms with Crippen molar-refractivity contribution >= 4 is 40.8 Å². The Balaban J connectivity index is 1.98. The standard InChI is InChI=1S/C17H13ClN4O4/c1-2-21-13-6-4-3-5-12(13)15(17(21)24)20-19-9-10-7-11(18)8-14(16(10)23)22(25)26/h3-9,23H,2H2,1H3/b19-9-,20-15+. The molecule has 0 atom stereocenters. The minimum atomic E-state index is -0.750. The fourth-order valence-corrected chi connectivity index (χ4v) is 2.89. The van der Waals surface area contributed by atoms with Gasteiger partial charge in [-0.15, -0.1) is 5.10 Å². The third kappa shape index (κ3) is 3.02. The Morgan fingerprint density at radius 1 is 1.35 bits per heavy atom. The van der Waals surface area contributed by atoms with E-state index in [9.17, 15) is 20.0 Å². The van der Waals surface area contributed by atoms with Crippen LogP contribution < -0.4 is 4.90 Å². The molecule has 9 heteroatoms. The molecule has 0 unspecified atom stereocenters. The lowest BCUT2D eigenvalue weighted by Crippen LogP contribution is -2.29. The molecule has 1 aliphatic rings. The van der Waals surface area contributed by atoms with Gasteiger partial charge in [-0.25, -0.2) is 0 Å². The van der Waals surface area contributed by atoms with Crippen LogP contribution >= 0.6 is 11.6 Å². The van der Waals surface area contributed by atoms with Crippen molar-refractivity contribution in [1.82, 2.24) is 0 Å². The number of likely N-dealkylation sites (N-methyl/N-ethyl adjacent to an activating group) is 1. The predicted molar refractivity (Wildman–Crippen MR) is 98.4 cm³/mol. The molecule has 2 aromatic rings. The van der Waals surface area contributed by atoms with E-state index < -0.39 is 16.4 Å². The molecule has 0 saturated carbocycles. The number of amides is 1. The summed E-state index contributed by atoms with van der Waals surface area (Å²) in [7, 11) is 0. The van der Waals surface area contributed by atoms with Crippen LogP contribution in [0.5, 0.6) is 5.75 Å². The van der Waals surface area contributed by atoms with Crippen LogP contribution in [0.25, 0.3) is 0 Å². The van der Waals surface area contributed by atoms with Crippen molar-refractivity contribution < 1.29 is 14.8 Å². The molecule has 0 spiro atoms. The Bertz CT molecular complexity index is 971. The van der Waals surface area contributed by atoms with Crippen molar-refractivity contribution in [3.63, 3.8) is 0 Å². The number of anilines is 1. The zero-order valence-electron chi connectivity index (χ0n) is 13.6. The van der Waals surface area contributed by atoms with Gasteiger partial charge in [-0.2, -0.15) is 5.10 Å². The molecule has 2 aromatic carbocycles. The molecule has 1 N–H and O–H groups in total. The number of benzene rings is 2. The first-order valence-corrected chi connectivity index (χ1v) is 8.01. The number of fused-ring (bicyclic) bond motifs is 1. The summed E-state index contributed by atoms with van der Waals surface area (Å²) < 4.78 is 0. The summed E-state index contributed by atoms with van der Waals surface area (Å²) in [6.45, 7) is 2.34. The van der Waals surface area contributed by atoms with Gasteiger partial charge in [0.25, 0.3) is 5.91 Å². The fourth-order valence-electron chi connectivity index (χ4n) is 2.66. The van der Waals surface area contributed by atoms with Crippen molar-refractivity contribution in [2.24, 2.45) is 10.2 Å². The van der Waals surface area contributed by atoms with Crippen LogP contribution in [-0.4, -0.2) is 34.4 Å². The normalized spacial score (nSPS) is 15.1. The Kier molecular flexibility index (Phi) is 4.68. The quantitative estimate of drug-likeness (QED) is 0.505. The maximum Gasteiger partial charge on any atom is 0.312 e. The first-order valence-electron chi connectivity index (χ1n) is 7.63. The maximum atomic E-state index is 12.5. The summed E-state index contributed by atoms with van der Waals surface area (Å²) in [6, 6.07) is 9.54. The zero-order chi connectivity index (χ0) is 18.8. The molecule has 0 radical (unpaired) electrons. The number of phenols is 1. The summed E-state index contributed by atoms with van der Waals surface area (Å²) in [5.74, 6) is -0.858. The molecule has 26 heavy (non-hydrogen) atoms. The molecule has 0 bridgehead atoms. The number of para-hydroxylation sites is 1. The topological polar surface area (TPSA) is 108 Å². The summed E-state index contributed by atoms with van der Waals surface area (Å²) in [6.07, 6.45) is 1.12. The van der Waals surface area contributed by atoms with Gasteiger partial charge in [0, 0.05) is 28.8 Å². The van der Waals surface area contributed by atoms with E-state index in [1.165, 1.54) is 6.07 Å². The molecule has 132 valence electrons. The van der Waals surface area contributed by atoms with Crippen LogP contribution in [0.3, 0.4) is 0 Å². The van der Waals surface area contributed by atoms with Gasteiger partial charge in [0.2, 0.25) is 5.75 Å². The van der Waals surface area contributed by atoms with Crippen LogP contribution in [0.2, 0.25) is 5.02 Å². The van der Waals surface area contributed by atoms with E-state index in [0.29, 0.717) is 12.1 Å². The molecular weight excluding hydrogens is 360 g/mol. The first kappa shape index (κ1) is 17.6. The van der Waals surface area contributed by atoms with Gasteiger partial charge in [0.15, 0.2) is 5.71 Å². The minimum Gasteiger partial charge on any atom is -0.502 e. The number of nitrogens with zero attached hydrogens (tertiary/aromatic N) is 4. The van der Waals surface area contributed by atoms with Crippen LogP contribution in [-0.2, 0) is 4.79 Å². The highest BCUT2D eigenvalue weighted by Gasteiger charge is 2.32. The second kappa shape index (κ2) is 6.93. The van der Waals surface area contributed by atoms with E-state index in [-0.39, 0.29) is 22.2 Å². The van der Waals surface area contributed by atoms with Crippen LogP contribution in [0, 0.1) is 10.1 Å². The molecule has 0 aromatic heterocycles. The number of carbonyl (C=O) groups is 1. The lowest BCUT2D eigenvalue weighted by atomic mass is 10.1. The Morgan fingerprint density at radius 2 is 2.08 bits per heavy atom. The SMILES string of the molecule is CCN1C(=O)/C(=N/N=C\c2cc(Cl)cc([N+](=O)[O-])c2O)c2ccccc21. The van der Waals surface area contributed by atoms with Gasteiger partial charge >= 0.3 is 5.69 Å². The number of rotatable bonds is 4. The molecule has 8 nitrogen and oxygen atoms in total. The van der Waals surface area contributed by atoms with E-state index in [2.05, 4.69) is 10.2 Å². The average Bonchev–Trinajstić information content (AvgIpc) is 2.88. The van der Waals surface area contributed by atoms with Crippen LogP contribution in [0.4, 0.5) is 11.4 Å². The van der Waals surface area contributed by atoms with E-state index in [1.54, 1.807) is 17.0 Å². The van der Waals surface area contributed by atoms with Gasteiger partial charge in [-0.05, 0) is 19.1 Å². The molecule has 3 rings (SSSR count). The van der Waals surface area contributed by atoms with E-state index >= 15 is 0 Å². The average molecular weight is 373 g/mol. The third-order valence-electron chi connectivity index (χ3n) is 3.85. The highest BCUT2D eigenvalue weighted by molar-refractivity contribution is 6.54. The van der Waals surface area contributed by atoms with Gasteiger partial charge in [0.05, 0.1) is 16.8 Å². The Hall–Kier alpha value is -3.26. The minimum absolute atomic E-state index is 0.0274. The largest absolute Gasteiger partial charge is 0.502 e. The van der Waals surface area contributed by atoms with E-state index in [0.717, 1.165) is 18.0 Å². The molecule has 1 amide bonds. The first-order chi connectivity index (χ1) is 12.4. The lowest BCUT2D eigenvalue weighted by Gasteiger charge is -2.12. The highest BCUT2D eigenvalue weighted by Crippen LogP contribution is 2.32. The number of nitro benzene ring substituents is 1. The van der Waals surface area contributed by atoms with Gasteiger partial charge < -0.3 is 10.0 Å². The van der Waals surface area contributed by atoms with Crippen LogP contribution in [0.1, 0.15) is 18.1 Å². The van der Waals surface area contributed by atoms with Crippen molar-refractivity contribution in [2.45, 2.75) is 6.92 Å². The molecule has 0 saturated heterocycles. The van der Waals surface area contributed by atoms with Crippen molar-refractivity contribution in [3.05, 3.63) is 62.7 Å². The van der Waals surface area contributed by atoms with Crippen LogP contribution in [0.15, 0.2) is 46.6 Å². The monoisotopic (exact) mass is 372 g/mol. The van der Waals surface area contributed by atoms with Crippen molar-refractivity contribution in [2.75, 3.05) is 11.4 Å². The number of phenolic OH excluding ortho intramolecular Hbond substituents is 1. The Labute approximate surface area is 153 Å². The summed E-state index contributed by atoms with van der Waals surface area (Å²) in [5, 5.41) is 28.7. The molecule has 1 heterocycles. The second-order valence-corrected chi connectivity index (χ2v) is 5.82. The van der Waals surface area contributed by atoms with Crippen molar-refractivity contribution in [1.29, 1.82) is 0 Å². The lowest BCUT2D eigenvalue weighted by molar-refractivity contribution is -0.385. The highest BCUT2D eigenvalue weighted by atomic mass is 35.5. The zero-order valence-corrected chi connectivity index (χ0v) is 14.3. The van der Waals surface area contributed by atoms with E-state index in [4.69, 9.17) is 11.6 Å². The second-order valence-electron chi connectivity index (χ2n) is 5.38. The third-order valence-corrected chi connectivity index (χ3v) is 4.07. The van der Waals surface area contributed by atoms with E-state index in [1.807, 2.05) is 19.1 Å². The number of nitro groups is 1. The number of halogens is 1. The number of aromatic hydroxyl groups is 1. The van der Waals surface area contributed by atoms with Gasteiger partial charge in [-0.1, -0.05) is 29.8 Å². The van der Waals surface area contributed by atoms with Gasteiger partial charge in [-0.3, -0.25) is 14.9 Å². The fraction of sp³-hybridized carbons (Fsp3) is 0.118. The summed E-state index contributed by atoms with van der Waals surface area (Å²) in [5.41, 5.74) is 1.05.